The van der Waals surface area contributed by atoms with Crippen molar-refractivity contribution in [3.63, 3.8) is 0 Å². The van der Waals surface area contributed by atoms with Crippen LogP contribution in [0.5, 0.6) is 5.75 Å². The fraction of sp³-hybridized carbons (Fsp3) is 0.118. The number of carbonyl (C=O) groups excluding carboxylic acids is 1. The van der Waals surface area contributed by atoms with Gasteiger partial charge in [-0.3, -0.25) is 9.20 Å². The van der Waals surface area contributed by atoms with Crippen molar-refractivity contribution in [3.8, 4) is 28.4 Å². The van der Waals surface area contributed by atoms with Gasteiger partial charge in [-0.25, -0.2) is 15.0 Å². The Bertz CT molecular complexity index is 1850. The Morgan fingerprint density at radius 2 is 1.65 bits per heavy atom. The average Bonchev–Trinajstić information content (AvgIpc) is 3.40. The first kappa shape index (κ1) is 27.6. The maximum Gasteiger partial charge on any atom is 0.238 e. The lowest BCUT2D eigenvalue weighted by Gasteiger charge is -2.12. The van der Waals surface area contributed by atoms with Crippen molar-refractivity contribution >= 4 is 28.9 Å². The molecule has 0 atom stereocenters. The van der Waals surface area contributed by atoms with Crippen LogP contribution in [0.2, 0.25) is 0 Å². The molecule has 9 heteroatoms. The van der Waals surface area contributed by atoms with Crippen molar-refractivity contribution in [2.24, 2.45) is 0 Å². The molecule has 214 valence electrons. The Labute approximate surface area is 249 Å². The summed E-state index contributed by atoms with van der Waals surface area (Å²) in [5.74, 6) is 1.12. The highest BCUT2D eigenvalue weighted by Crippen LogP contribution is 2.33. The standard InChI is InChI=1S/C34H31N7O2/c1-40(2)22-31(42)36-26-11-8-12-27(21-26)37-34-35-19-18-29(38-34)33-32(39-30-13-6-7-20-41(30)33)25-14-16-28(17-15-25)43-23-24-9-4-3-5-10-24/h3-21H,22-23H2,1-2H3,(H,36,42)(H,35,37,38). The van der Waals surface area contributed by atoms with Crippen molar-refractivity contribution in [1.29, 1.82) is 0 Å². The van der Waals surface area contributed by atoms with Crippen molar-refractivity contribution in [2.45, 2.75) is 6.61 Å². The molecule has 0 unspecified atom stereocenters. The van der Waals surface area contributed by atoms with Crippen LogP contribution in [-0.2, 0) is 11.4 Å². The Morgan fingerprint density at radius 1 is 0.860 bits per heavy atom. The molecule has 3 aromatic carbocycles. The number of carbonyl (C=O) groups is 1. The molecular weight excluding hydrogens is 538 g/mol. The fourth-order valence-corrected chi connectivity index (χ4v) is 4.73. The lowest BCUT2D eigenvalue weighted by atomic mass is 10.1. The van der Waals surface area contributed by atoms with E-state index in [4.69, 9.17) is 14.7 Å². The largest absolute Gasteiger partial charge is 0.489 e. The van der Waals surface area contributed by atoms with Gasteiger partial charge in [-0.05, 0) is 80.3 Å². The highest BCUT2D eigenvalue weighted by Gasteiger charge is 2.18. The Morgan fingerprint density at radius 3 is 2.47 bits per heavy atom. The van der Waals surface area contributed by atoms with Crippen LogP contribution in [0.3, 0.4) is 0 Å². The number of amides is 1. The highest BCUT2D eigenvalue weighted by atomic mass is 16.5. The smallest absolute Gasteiger partial charge is 0.238 e. The second kappa shape index (κ2) is 12.5. The van der Waals surface area contributed by atoms with Crippen LogP contribution in [0.1, 0.15) is 5.56 Å². The maximum atomic E-state index is 12.2. The molecule has 6 rings (SSSR count). The number of nitrogens with one attached hydrogen (secondary N) is 2. The summed E-state index contributed by atoms with van der Waals surface area (Å²) < 4.78 is 8.03. The van der Waals surface area contributed by atoms with Gasteiger partial charge in [0.2, 0.25) is 11.9 Å². The second-order valence-corrected chi connectivity index (χ2v) is 10.3. The zero-order chi connectivity index (χ0) is 29.6. The zero-order valence-corrected chi connectivity index (χ0v) is 23.9. The van der Waals surface area contributed by atoms with Crippen LogP contribution in [0.25, 0.3) is 28.3 Å². The third-order valence-electron chi connectivity index (χ3n) is 6.67. The summed E-state index contributed by atoms with van der Waals surface area (Å²) in [7, 11) is 3.71. The van der Waals surface area contributed by atoms with Crippen molar-refractivity contribution in [3.05, 3.63) is 121 Å². The van der Waals surface area contributed by atoms with E-state index in [0.717, 1.165) is 39.6 Å². The lowest BCUT2D eigenvalue weighted by Crippen LogP contribution is -2.27. The molecule has 6 aromatic rings. The van der Waals surface area contributed by atoms with Gasteiger partial charge >= 0.3 is 0 Å². The number of imidazole rings is 1. The maximum absolute atomic E-state index is 12.2. The van der Waals surface area contributed by atoms with Crippen LogP contribution in [0, 0.1) is 0 Å². The monoisotopic (exact) mass is 569 g/mol. The van der Waals surface area contributed by atoms with Crippen LogP contribution >= 0.6 is 0 Å². The number of likely N-dealkylation sites (N-methyl/N-ethyl adjacent to an activating group) is 1. The van der Waals surface area contributed by atoms with Crippen LogP contribution in [0.4, 0.5) is 17.3 Å². The summed E-state index contributed by atoms with van der Waals surface area (Å²) in [6.45, 7) is 0.801. The third-order valence-corrected chi connectivity index (χ3v) is 6.67. The summed E-state index contributed by atoms with van der Waals surface area (Å²) in [4.78, 5) is 28.3. The minimum atomic E-state index is -0.0867. The quantitative estimate of drug-likeness (QED) is 0.200. The van der Waals surface area contributed by atoms with Gasteiger partial charge < -0.3 is 20.3 Å². The van der Waals surface area contributed by atoms with Crippen LogP contribution < -0.4 is 15.4 Å². The number of benzene rings is 3. The van der Waals surface area contributed by atoms with Gasteiger partial charge in [0.05, 0.1) is 23.6 Å². The van der Waals surface area contributed by atoms with E-state index in [-0.39, 0.29) is 5.91 Å². The Balaban J connectivity index is 1.27. The molecule has 0 fully saturated rings. The minimum absolute atomic E-state index is 0.0867. The van der Waals surface area contributed by atoms with Gasteiger partial charge in [0, 0.05) is 29.3 Å². The van der Waals surface area contributed by atoms with Gasteiger partial charge in [0.25, 0.3) is 0 Å². The fourth-order valence-electron chi connectivity index (χ4n) is 4.73. The SMILES string of the molecule is CN(C)CC(=O)Nc1cccc(Nc2nccc(-c3c(-c4ccc(OCc5ccccc5)cc4)nc4ccccn34)n2)c1. The molecule has 0 radical (unpaired) electrons. The molecule has 0 saturated heterocycles. The molecule has 1 amide bonds. The van der Waals surface area contributed by atoms with Gasteiger partial charge in [-0.1, -0.05) is 42.5 Å². The van der Waals surface area contributed by atoms with Gasteiger partial charge in [0.1, 0.15) is 18.0 Å². The van der Waals surface area contributed by atoms with E-state index in [1.165, 1.54) is 0 Å². The number of ether oxygens (including phenoxy) is 1. The topological polar surface area (TPSA) is 96.7 Å². The molecule has 0 aliphatic carbocycles. The molecule has 0 bridgehead atoms. The van der Waals surface area contributed by atoms with E-state index in [1.807, 2.05) is 133 Å². The Hall–Kier alpha value is -5.54. The van der Waals surface area contributed by atoms with E-state index in [0.29, 0.717) is 30.5 Å². The van der Waals surface area contributed by atoms with Gasteiger partial charge in [0.15, 0.2) is 0 Å². The number of anilines is 3. The van der Waals surface area contributed by atoms with Crippen molar-refractivity contribution < 1.29 is 9.53 Å². The van der Waals surface area contributed by atoms with Crippen LogP contribution in [-0.4, -0.2) is 50.8 Å². The first-order chi connectivity index (χ1) is 21.0. The number of hydrogen-bond donors (Lipinski definition) is 2. The van der Waals surface area contributed by atoms with E-state index in [9.17, 15) is 4.79 Å². The molecular formula is C34H31N7O2. The van der Waals surface area contributed by atoms with Gasteiger partial charge in [-0.15, -0.1) is 0 Å². The highest BCUT2D eigenvalue weighted by molar-refractivity contribution is 5.92. The third kappa shape index (κ3) is 6.69. The molecule has 2 N–H and O–H groups in total. The van der Waals surface area contributed by atoms with E-state index < -0.39 is 0 Å². The number of nitrogens with zero attached hydrogens (tertiary/aromatic N) is 5. The van der Waals surface area contributed by atoms with E-state index >= 15 is 0 Å². The van der Waals surface area contributed by atoms with Gasteiger partial charge in [-0.2, -0.15) is 0 Å². The Kier molecular flexibility index (Phi) is 8.06. The molecule has 3 heterocycles. The number of fused-ring (bicyclic) bond motifs is 1. The molecule has 0 spiro atoms. The van der Waals surface area contributed by atoms with Crippen LogP contribution in [0.15, 0.2) is 116 Å². The summed E-state index contributed by atoms with van der Waals surface area (Å²) in [5.41, 5.74) is 6.68. The number of hydrogen-bond acceptors (Lipinski definition) is 7. The number of pyridine rings is 1. The average molecular weight is 570 g/mol. The zero-order valence-electron chi connectivity index (χ0n) is 23.9. The first-order valence-electron chi connectivity index (χ1n) is 13.9. The molecule has 43 heavy (non-hydrogen) atoms. The predicted octanol–water partition coefficient (Wildman–Crippen LogP) is 6.28. The van der Waals surface area contributed by atoms with Crippen molar-refractivity contribution in [2.75, 3.05) is 31.3 Å². The number of rotatable bonds is 10. The molecule has 0 aliphatic heterocycles. The minimum Gasteiger partial charge on any atom is -0.489 e. The summed E-state index contributed by atoms with van der Waals surface area (Å²) in [6, 6.07) is 33.3. The van der Waals surface area contributed by atoms with E-state index in [2.05, 4.69) is 15.6 Å². The summed E-state index contributed by atoms with van der Waals surface area (Å²) in [6.07, 6.45) is 3.70. The molecule has 0 aliphatic rings. The molecule has 9 nitrogen and oxygen atoms in total. The van der Waals surface area contributed by atoms with Crippen molar-refractivity contribution in [1.82, 2.24) is 24.3 Å². The number of aromatic nitrogens is 4. The molecule has 3 aromatic heterocycles. The van der Waals surface area contributed by atoms with E-state index in [1.54, 1.807) is 6.20 Å². The normalized spacial score (nSPS) is 11.0. The molecule has 0 saturated carbocycles. The summed E-state index contributed by atoms with van der Waals surface area (Å²) >= 11 is 0. The predicted molar refractivity (Wildman–Crippen MR) is 169 cm³/mol. The summed E-state index contributed by atoms with van der Waals surface area (Å²) in [5, 5.41) is 6.19. The second-order valence-electron chi connectivity index (χ2n) is 10.3. The first-order valence-corrected chi connectivity index (χ1v) is 13.9. The lowest BCUT2D eigenvalue weighted by molar-refractivity contribution is -0.116.